The number of hydrogen-bond acceptors (Lipinski definition) is 8. The minimum Gasteiger partial charge on any atom is -0.389 e. The zero-order valence-electron chi connectivity index (χ0n) is 18.3. The van der Waals surface area contributed by atoms with Gasteiger partial charge in [0.1, 0.15) is 0 Å². The highest BCUT2D eigenvalue weighted by Crippen LogP contribution is 2.38. The average molecular weight is 475 g/mol. The van der Waals surface area contributed by atoms with Gasteiger partial charge in [0.2, 0.25) is 5.95 Å². The second-order valence-corrected chi connectivity index (χ2v) is 9.92. The highest BCUT2D eigenvalue weighted by atomic mass is 32.1. The molecule has 0 saturated carbocycles. The number of benzene rings is 1. The number of β-amino-alcohol motifs (C(OH)–C–C–N with tert-alkyl or cyclic N) is 1. The molecule has 0 spiro atoms. The van der Waals surface area contributed by atoms with E-state index in [-0.39, 0.29) is 12.1 Å². The van der Waals surface area contributed by atoms with E-state index in [1.54, 1.807) is 6.20 Å². The van der Waals surface area contributed by atoms with Gasteiger partial charge in [-0.2, -0.15) is 0 Å². The number of nitrogens with one attached hydrogen (secondary N) is 2. The maximum Gasteiger partial charge on any atom is 0.261 e. The van der Waals surface area contributed by atoms with Gasteiger partial charge in [-0.25, -0.2) is 9.97 Å². The molecule has 1 aromatic carbocycles. The second-order valence-electron chi connectivity index (χ2n) is 9.01. The summed E-state index contributed by atoms with van der Waals surface area (Å²) in [4.78, 5) is 40.6. The molecule has 9 nitrogen and oxygen atoms in total. The van der Waals surface area contributed by atoms with Crippen LogP contribution in [-0.4, -0.2) is 56.6 Å². The van der Waals surface area contributed by atoms with Crippen LogP contribution in [0.3, 0.4) is 0 Å². The lowest BCUT2D eigenvalue weighted by atomic mass is 9.88. The van der Waals surface area contributed by atoms with Crippen molar-refractivity contribution in [3.8, 4) is 0 Å². The molecule has 0 aliphatic carbocycles. The van der Waals surface area contributed by atoms with Crippen LogP contribution < -0.4 is 16.0 Å². The number of hydrogen-bond donors (Lipinski definition) is 4. The number of anilines is 1. The van der Waals surface area contributed by atoms with Crippen molar-refractivity contribution in [2.45, 2.75) is 25.0 Å². The third-order valence-electron chi connectivity index (χ3n) is 6.67. The molecule has 2 aliphatic heterocycles. The van der Waals surface area contributed by atoms with E-state index in [2.05, 4.69) is 10.3 Å². The van der Waals surface area contributed by atoms with Crippen molar-refractivity contribution in [2.24, 2.45) is 5.73 Å². The number of aromatic nitrogens is 3. The minimum absolute atomic E-state index is 0.223. The van der Waals surface area contributed by atoms with Crippen LogP contribution in [0.25, 0.3) is 32.3 Å². The Morgan fingerprint density at radius 2 is 1.97 bits per heavy atom. The summed E-state index contributed by atoms with van der Waals surface area (Å²) in [7, 11) is 0. The van der Waals surface area contributed by atoms with Crippen LogP contribution >= 0.6 is 11.3 Å². The first-order valence-corrected chi connectivity index (χ1v) is 11.9. The van der Waals surface area contributed by atoms with Gasteiger partial charge in [-0.1, -0.05) is 18.2 Å². The lowest BCUT2D eigenvalue weighted by Crippen LogP contribution is -2.59. The molecule has 2 amide bonds. The van der Waals surface area contributed by atoms with Crippen molar-refractivity contribution in [2.75, 3.05) is 18.0 Å². The Morgan fingerprint density at radius 1 is 1.18 bits per heavy atom. The summed E-state index contributed by atoms with van der Waals surface area (Å²) in [6.45, 7) is 2.66. The van der Waals surface area contributed by atoms with Gasteiger partial charge in [-0.15, -0.1) is 11.3 Å². The first-order valence-electron chi connectivity index (χ1n) is 11.0. The van der Waals surface area contributed by atoms with E-state index in [4.69, 9.17) is 15.7 Å². The molecule has 34 heavy (non-hydrogen) atoms. The van der Waals surface area contributed by atoms with Crippen molar-refractivity contribution >= 4 is 61.4 Å². The summed E-state index contributed by atoms with van der Waals surface area (Å²) < 4.78 is 0.900. The van der Waals surface area contributed by atoms with Gasteiger partial charge < -0.3 is 20.7 Å². The number of aromatic amines is 1. The van der Waals surface area contributed by atoms with E-state index in [0.29, 0.717) is 46.6 Å². The number of carbonyl (C=O) groups is 2. The van der Waals surface area contributed by atoms with E-state index in [0.717, 1.165) is 10.2 Å². The Labute approximate surface area is 198 Å². The molecule has 2 atom stereocenters. The summed E-state index contributed by atoms with van der Waals surface area (Å²) in [5.41, 5.74) is 8.64. The average Bonchev–Trinajstić information content (AvgIpc) is 3.49. The van der Waals surface area contributed by atoms with E-state index < -0.39 is 23.5 Å². The molecule has 10 heteroatoms. The van der Waals surface area contributed by atoms with Crippen LogP contribution in [-0.2, 0) is 9.59 Å². The first-order chi connectivity index (χ1) is 16.3. The molecule has 3 aromatic heterocycles. The smallest absolute Gasteiger partial charge is 0.261 e. The van der Waals surface area contributed by atoms with E-state index >= 15 is 0 Å². The van der Waals surface area contributed by atoms with Crippen LogP contribution in [0, 0.1) is 0 Å². The fourth-order valence-corrected chi connectivity index (χ4v) is 5.48. The number of nitrogens with two attached hydrogens (primary N) is 1. The van der Waals surface area contributed by atoms with Gasteiger partial charge in [0.25, 0.3) is 11.8 Å². The molecule has 4 aromatic rings. The molecular weight excluding hydrogens is 452 g/mol. The van der Waals surface area contributed by atoms with Gasteiger partial charge in [0.05, 0.1) is 38.7 Å². The third kappa shape index (κ3) is 3.14. The van der Waals surface area contributed by atoms with Gasteiger partial charge >= 0.3 is 0 Å². The van der Waals surface area contributed by atoms with E-state index in [1.165, 1.54) is 11.3 Å². The van der Waals surface area contributed by atoms with Crippen LogP contribution in [0.2, 0.25) is 0 Å². The molecule has 5 heterocycles. The van der Waals surface area contributed by atoms with Crippen molar-refractivity contribution in [1.29, 1.82) is 0 Å². The minimum atomic E-state index is -0.752. The van der Waals surface area contributed by atoms with Crippen molar-refractivity contribution in [3.05, 3.63) is 53.2 Å². The summed E-state index contributed by atoms with van der Waals surface area (Å²) in [6.07, 6.45) is 1.56. The highest BCUT2D eigenvalue weighted by Gasteiger charge is 2.38. The highest BCUT2D eigenvalue weighted by molar-refractivity contribution is 7.17. The second kappa shape index (κ2) is 7.45. The number of nitrogens with zero attached hydrogens (tertiary/aromatic N) is 3. The number of thiophene rings is 1. The number of imide groups is 1. The van der Waals surface area contributed by atoms with Crippen LogP contribution in [0.4, 0.5) is 5.95 Å². The van der Waals surface area contributed by atoms with Crippen LogP contribution in [0.15, 0.2) is 41.9 Å². The molecule has 2 aliphatic rings. The Morgan fingerprint density at radius 3 is 2.79 bits per heavy atom. The number of fused-ring (bicyclic) bond motifs is 2. The Bertz CT molecular complexity index is 1520. The van der Waals surface area contributed by atoms with Crippen LogP contribution in [0.1, 0.15) is 24.6 Å². The van der Waals surface area contributed by atoms with Gasteiger partial charge in [0.15, 0.2) is 0 Å². The molecular formula is C24H22N6O3S. The molecule has 1 fully saturated rings. The molecule has 1 saturated heterocycles. The number of amides is 2. The normalized spacial score (nSPS) is 23.4. The maximum absolute atomic E-state index is 13.1. The van der Waals surface area contributed by atoms with Gasteiger partial charge in [-0.3, -0.25) is 14.9 Å². The first kappa shape index (κ1) is 21.0. The predicted molar refractivity (Wildman–Crippen MR) is 131 cm³/mol. The quantitative estimate of drug-likeness (QED) is 0.333. The van der Waals surface area contributed by atoms with Gasteiger partial charge in [-0.05, 0) is 30.9 Å². The molecule has 2 unspecified atom stereocenters. The molecule has 6 rings (SSSR count). The van der Waals surface area contributed by atoms with Crippen molar-refractivity contribution in [1.82, 2.24) is 20.3 Å². The number of para-hydroxylation sites is 1. The van der Waals surface area contributed by atoms with Crippen molar-refractivity contribution in [3.63, 3.8) is 0 Å². The number of aliphatic hydroxyl groups is 1. The lowest BCUT2D eigenvalue weighted by molar-refractivity contribution is -0.122. The summed E-state index contributed by atoms with van der Waals surface area (Å²) in [5, 5.41) is 15.6. The summed E-state index contributed by atoms with van der Waals surface area (Å²) in [6, 6.07) is 9.34. The number of carbonyl (C=O) groups excluding carboxylic acids is 2. The van der Waals surface area contributed by atoms with Crippen LogP contribution in [0.5, 0.6) is 0 Å². The third-order valence-corrected chi connectivity index (χ3v) is 7.62. The van der Waals surface area contributed by atoms with Crippen molar-refractivity contribution < 1.29 is 14.7 Å². The lowest BCUT2D eigenvalue weighted by Gasteiger charge is -2.41. The van der Waals surface area contributed by atoms with E-state index in [9.17, 15) is 14.7 Å². The Balaban J connectivity index is 1.57. The molecule has 0 bridgehead atoms. The fourth-order valence-electron chi connectivity index (χ4n) is 4.60. The Hall–Kier alpha value is -3.60. The largest absolute Gasteiger partial charge is 0.389 e. The SMILES string of the molecule is CC1(N)CCN(c2nc(C3=C(c4c[nH]c5ccsc45)C(=O)NC3=O)c3ccccc3n2)CC1O. The molecule has 172 valence electrons. The fraction of sp³-hybridized carbons (Fsp3) is 0.250. The number of aliphatic hydroxyl groups excluding tert-OH is 1. The standard InChI is InChI=1S/C24H22N6O3S/c1-24(25)7-8-30(11-16(24)31)23-27-14-5-3-2-4-12(14)19(28-23)18-17(21(32)29-22(18)33)13-10-26-15-6-9-34-20(13)15/h2-6,9-10,16,26,31H,7-8,11,25H2,1H3,(H,29,32,33). The zero-order chi connectivity index (χ0) is 23.6. The van der Waals surface area contributed by atoms with E-state index in [1.807, 2.05) is 47.5 Å². The molecule has 5 N–H and O–H groups in total. The zero-order valence-corrected chi connectivity index (χ0v) is 19.1. The molecule has 0 radical (unpaired) electrons. The summed E-state index contributed by atoms with van der Waals surface area (Å²) in [5.74, 6) is -0.558. The monoisotopic (exact) mass is 474 g/mol. The maximum atomic E-state index is 13.1. The van der Waals surface area contributed by atoms with Gasteiger partial charge in [0, 0.05) is 35.8 Å². The number of piperidine rings is 1. The topological polar surface area (TPSA) is 137 Å². The Kier molecular flexibility index (Phi) is 4.60. The predicted octanol–water partition coefficient (Wildman–Crippen LogP) is 2.03. The number of H-pyrrole nitrogens is 1. The summed E-state index contributed by atoms with van der Waals surface area (Å²) >= 11 is 1.50. The number of rotatable bonds is 3.